The molecule has 156 valence electrons. The number of nitriles is 1. The second kappa shape index (κ2) is 13.7. The third-order valence-electron chi connectivity index (χ3n) is 5.18. The summed E-state index contributed by atoms with van der Waals surface area (Å²) in [5.74, 6) is 1.58. The first-order chi connectivity index (χ1) is 14.2. The predicted molar refractivity (Wildman–Crippen MR) is 119 cm³/mol. The van der Waals surface area contributed by atoms with Crippen LogP contribution < -0.4 is 4.74 Å². The van der Waals surface area contributed by atoms with E-state index in [1.165, 1.54) is 56.9 Å². The number of unbranched alkanes of at least 4 members (excludes halogenated alkanes) is 7. The quantitative estimate of drug-likeness (QED) is 0.333. The summed E-state index contributed by atoms with van der Waals surface area (Å²) in [7, 11) is 0. The van der Waals surface area contributed by atoms with Gasteiger partial charge >= 0.3 is 0 Å². The van der Waals surface area contributed by atoms with Crippen molar-refractivity contribution in [3.05, 3.63) is 42.2 Å². The zero-order valence-electron chi connectivity index (χ0n) is 18.1. The van der Waals surface area contributed by atoms with Crippen molar-refractivity contribution in [3.63, 3.8) is 0 Å². The molecule has 2 rings (SSSR count). The van der Waals surface area contributed by atoms with Gasteiger partial charge in [-0.15, -0.1) is 0 Å². The lowest BCUT2D eigenvalue weighted by Crippen LogP contribution is -2.02. The van der Waals surface area contributed by atoms with E-state index in [2.05, 4.69) is 23.0 Å². The molecule has 0 spiro atoms. The Labute approximate surface area is 176 Å². The molecule has 29 heavy (non-hydrogen) atoms. The molecule has 4 heteroatoms. The van der Waals surface area contributed by atoms with Crippen LogP contribution in [0.4, 0.5) is 0 Å². The van der Waals surface area contributed by atoms with Crippen molar-refractivity contribution >= 4 is 0 Å². The summed E-state index contributed by atoms with van der Waals surface area (Å²) in [4.78, 5) is 9.07. The zero-order chi connectivity index (χ0) is 20.7. The van der Waals surface area contributed by atoms with Gasteiger partial charge in [0.25, 0.3) is 0 Å². The standard InChI is InChI=1S/C25H35N3O/c1-3-4-5-6-7-8-9-10-11-22-19-27-25(28-20-22)23-12-14-24(15-13-23)29-17-16-21(2)18-26/h12-15,19-21H,3-11,16-17H2,1-2H3. The summed E-state index contributed by atoms with van der Waals surface area (Å²) in [6.07, 6.45) is 16.4. The molecule has 1 atom stereocenters. The molecule has 2 aromatic rings. The minimum atomic E-state index is 0.0204. The molecule has 1 aromatic heterocycles. The smallest absolute Gasteiger partial charge is 0.159 e. The van der Waals surface area contributed by atoms with E-state index in [4.69, 9.17) is 10.00 Å². The summed E-state index contributed by atoms with van der Waals surface area (Å²) < 4.78 is 5.69. The first-order valence-electron chi connectivity index (χ1n) is 11.2. The number of nitrogens with zero attached hydrogens (tertiary/aromatic N) is 3. The van der Waals surface area contributed by atoms with Gasteiger partial charge in [-0.25, -0.2) is 9.97 Å². The largest absolute Gasteiger partial charge is 0.494 e. The van der Waals surface area contributed by atoms with Gasteiger partial charge in [-0.05, 0) is 56.0 Å². The van der Waals surface area contributed by atoms with E-state index in [0.29, 0.717) is 6.61 Å². The Hall–Kier alpha value is -2.41. The van der Waals surface area contributed by atoms with Gasteiger partial charge in [-0.1, -0.05) is 51.9 Å². The van der Waals surface area contributed by atoms with Crippen molar-refractivity contribution < 1.29 is 4.74 Å². The lowest BCUT2D eigenvalue weighted by Gasteiger charge is -2.08. The Morgan fingerprint density at radius 2 is 1.55 bits per heavy atom. The van der Waals surface area contributed by atoms with Crippen molar-refractivity contribution in [2.24, 2.45) is 5.92 Å². The van der Waals surface area contributed by atoms with Crippen LogP contribution >= 0.6 is 0 Å². The van der Waals surface area contributed by atoms with Gasteiger partial charge in [0, 0.05) is 23.9 Å². The second-order valence-corrected chi connectivity index (χ2v) is 7.83. The van der Waals surface area contributed by atoms with Crippen molar-refractivity contribution in [1.82, 2.24) is 9.97 Å². The molecule has 0 aliphatic heterocycles. The lowest BCUT2D eigenvalue weighted by atomic mass is 10.1. The van der Waals surface area contributed by atoms with Crippen molar-refractivity contribution in [3.8, 4) is 23.2 Å². The number of hydrogen-bond acceptors (Lipinski definition) is 4. The molecule has 0 aliphatic carbocycles. The van der Waals surface area contributed by atoms with Crippen LogP contribution in [0, 0.1) is 17.2 Å². The van der Waals surface area contributed by atoms with Crippen molar-refractivity contribution in [2.45, 2.75) is 78.1 Å². The van der Waals surface area contributed by atoms with Crippen LogP contribution in [0.5, 0.6) is 5.75 Å². The molecule has 1 aromatic carbocycles. The van der Waals surface area contributed by atoms with Crippen LogP contribution in [0.25, 0.3) is 11.4 Å². The normalized spacial score (nSPS) is 11.8. The molecule has 0 saturated carbocycles. The molecular weight excluding hydrogens is 358 g/mol. The Kier molecular flexibility index (Phi) is 10.8. The van der Waals surface area contributed by atoms with Crippen molar-refractivity contribution in [1.29, 1.82) is 5.26 Å². The molecule has 0 bridgehead atoms. The topological polar surface area (TPSA) is 58.8 Å². The minimum Gasteiger partial charge on any atom is -0.494 e. The van der Waals surface area contributed by atoms with E-state index in [0.717, 1.165) is 30.0 Å². The Bertz CT molecular complexity index is 719. The fourth-order valence-corrected chi connectivity index (χ4v) is 3.21. The number of rotatable bonds is 14. The Balaban J connectivity index is 1.70. The molecule has 0 radical (unpaired) electrons. The first-order valence-corrected chi connectivity index (χ1v) is 11.2. The van der Waals surface area contributed by atoms with Gasteiger partial charge in [-0.3, -0.25) is 0 Å². The van der Waals surface area contributed by atoms with Crippen LogP contribution in [0.3, 0.4) is 0 Å². The molecule has 0 amide bonds. The van der Waals surface area contributed by atoms with Crippen molar-refractivity contribution in [2.75, 3.05) is 6.61 Å². The van der Waals surface area contributed by atoms with Crippen LogP contribution in [0.15, 0.2) is 36.7 Å². The summed E-state index contributed by atoms with van der Waals surface area (Å²) in [5.41, 5.74) is 2.20. The SMILES string of the molecule is CCCCCCCCCCc1cnc(-c2ccc(OCCC(C)C#N)cc2)nc1. The van der Waals surface area contributed by atoms with Crippen LogP contribution in [0.1, 0.15) is 77.2 Å². The highest BCUT2D eigenvalue weighted by Gasteiger charge is 2.04. The monoisotopic (exact) mass is 393 g/mol. The fourth-order valence-electron chi connectivity index (χ4n) is 3.21. The molecule has 0 aliphatic rings. The Morgan fingerprint density at radius 1 is 0.931 bits per heavy atom. The van der Waals surface area contributed by atoms with Gasteiger partial charge in [0.2, 0.25) is 0 Å². The van der Waals surface area contributed by atoms with Gasteiger partial charge in [0.15, 0.2) is 5.82 Å². The molecule has 0 fully saturated rings. The molecular formula is C25H35N3O. The molecule has 0 saturated heterocycles. The number of ether oxygens (including phenoxy) is 1. The Morgan fingerprint density at radius 3 is 2.17 bits per heavy atom. The molecule has 1 heterocycles. The van der Waals surface area contributed by atoms with Gasteiger partial charge in [-0.2, -0.15) is 5.26 Å². The predicted octanol–water partition coefficient (Wildman–Crippen LogP) is 6.76. The van der Waals surface area contributed by atoms with Gasteiger partial charge in [0.05, 0.1) is 12.7 Å². The highest BCUT2D eigenvalue weighted by atomic mass is 16.5. The molecule has 0 N–H and O–H groups in total. The van der Waals surface area contributed by atoms with E-state index in [1.54, 1.807) is 0 Å². The van der Waals surface area contributed by atoms with E-state index in [1.807, 2.05) is 43.6 Å². The number of aromatic nitrogens is 2. The maximum atomic E-state index is 8.80. The van der Waals surface area contributed by atoms with Gasteiger partial charge < -0.3 is 4.74 Å². The fraction of sp³-hybridized carbons (Fsp3) is 0.560. The lowest BCUT2D eigenvalue weighted by molar-refractivity contribution is 0.297. The summed E-state index contributed by atoms with van der Waals surface area (Å²) in [5, 5.41) is 8.80. The van der Waals surface area contributed by atoms with E-state index >= 15 is 0 Å². The third-order valence-corrected chi connectivity index (χ3v) is 5.18. The van der Waals surface area contributed by atoms with Crippen LogP contribution in [-0.2, 0) is 6.42 Å². The van der Waals surface area contributed by atoms with E-state index < -0.39 is 0 Å². The summed E-state index contributed by atoms with van der Waals surface area (Å²) in [6.45, 7) is 4.72. The van der Waals surface area contributed by atoms with E-state index in [-0.39, 0.29) is 5.92 Å². The maximum absolute atomic E-state index is 8.80. The average Bonchev–Trinajstić information content (AvgIpc) is 2.76. The van der Waals surface area contributed by atoms with Crippen LogP contribution in [-0.4, -0.2) is 16.6 Å². The summed E-state index contributed by atoms with van der Waals surface area (Å²) in [6, 6.07) is 10.1. The number of hydrogen-bond donors (Lipinski definition) is 0. The van der Waals surface area contributed by atoms with Crippen LogP contribution in [0.2, 0.25) is 0 Å². The highest BCUT2D eigenvalue weighted by Crippen LogP contribution is 2.20. The number of aryl methyl sites for hydroxylation is 1. The second-order valence-electron chi connectivity index (χ2n) is 7.83. The minimum absolute atomic E-state index is 0.0204. The summed E-state index contributed by atoms with van der Waals surface area (Å²) >= 11 is 0. The first kappa shape index (κ1) is 22.9. The van der Waals surface area contributed by atoms with Gasteiger partial charge in [0.1, 0.15) is 5.75 Å². The van der Waals surface area contributed by atoms with E-state index in [9.17, 15) is 0 Å². The molecule has 1 unspecified atom stereocenters. The highest BCUT2D eigenvalue weighted by molar-refractivity contribution is 5.55. The maximum Gasteiger partial charge on any atom is 0.159 e. The zero-order valence-corrected chi connectivity index (χ0v) is 18.1. The molecule has 4 nitrogen and oxygen atoms in total. The average molecular weight is 394 g/mol. The number of benzene rings is 1. The third kappa shape index (κ3) is 9.09.